The summed E-state index contributed by atoms with van der Waals surface area (Å²) in [5, 5.41) is 10.8. The van der Waals surface area contributed by atoms with Crippen molar-refractivity contribution < 1.29 is 19.1 Å². The van der Waals surface area contributed by atoms with Crippen LogP contribution in [-0.2, 0) is 4.74 Å². The molecule has 4 amide bonds. The van der Waals surface area contributed by atoms with Gasteiger partial charge in [0.25, 0.3) is 5.91 Å². The molecule has 1 aromatic rings. The number of carbonyl (C=O) groups excluding carboxylic acids is 3. The summed E-state index contributed by atoms with van der Waals surface area (Å²) in [6.45, 7) is 5.85. The van der Waals surface area contributed by atoms with Crippen molar-refractivity contribution in [2.75, 3.05) is 18.4 Å². The van der Waals surface area contributed by atoms with Gasteiger partial charge in [-0.15, -0.1) is 0 Å². The minimum Gasteiger partial charge on any atom is -0.444 e. The molecule has 8 heteroatoms. The molecule has 0 radical (unpaired) electrons. The van der Waals surface area contributed by atoms with Crippen LogP contribution in [0.15, 0.2) is 24.3 Å². The number of anilines is 1. The van der Waals surface area contributed by atoms with Gasteiger partial charge in [-0.1, -0.05) is 6.07 Å². The fourth-order valence-corrected chi connectivity index (χ4v) is 2.08. The summed E-state index contributed by atoms with van der Waals surface area (Å²) in [4.78, 5) is 35.4. The van der Waals surface area contributed by atoms with Crippen molar-refractivity contribution in [3.05, 3.63) is 29.8 Å². The average Bonchev–Trinajstić information content (AvgIpc) is 3.33. The van der Waals surface area contributed by atoms with Crippen LogP contribution in [0.4, 0.5) is 15.3 Å². The van der Waals surface area contributed by atoms with E-state index < -0.39 is 11.7 Å². The van der Waals surface area contributed by atoms with Crippen LogP contribution in [0.1, 0.15) is 44.0 Å². The average molecular weight is 362 g/mol. The van der Waals surface area contributed by atoms with Crippen LogP contribution < -0.4 is 21.3 Å². The molecule has 0 aromatic heterocycles. The van der Waals surface area contributed by atoms with Crippen molar-refractivity contribution in [2.24, 2.45) is 0 Å². The minimum absolute atomic E-state index is 0.252. The lowest BCUT2D eigenvalue weighted by molar-refractivity contribution is 0.0526. The van der Waals surface area contributed by atoms with Crippen molar-refractivity contribution in [1.29, 1.82) is 0 Å². The van der Waals surface area contributed by atoms with E-state index >= 15 is 0 Å². The molecule has 0 unspecified atom stereocenters. The highest BCUT2D eigenvalue weighted by Gasteiger charge is 2.23. The number of rotatable bonds is 6. The summed E-state index contributed by atoms with van der Waals surface area (Å²) >= 11 is 0. The summed E-state index contributed by atoms with van der Waals surface area (Å²) in [5.74, 6) is -0.290. The van der Waals surface area contributed by atoms with Crippen molar-refractivity contribution in [1.82, 2.24) is 16.0 Å². The Bertz CT molecular complexity index is 665. The molecule has 0 atom stereocenters. The molecule has 1 aliphatic carbocycles. The first-order chi connectivity index (χ1) is 12.2. The van der Waals surface area contributed by atoms with Crippen LogP contribution in [0.3, 0.4) is 0 Å². The quantitative estimate of drug-likeness (QED) is 0.582. The van der Waals surface area contributed by atoms with Gasteiger partial charge in [0.2, 0.25) is 0 Å². The van der Waals surface area contributed by atoms with Crippen LogP contribution in [0, 0.1) is 0 Å². The lowest BCUT2D eigenvalue weighted by Crippen LogP contribution is -2.37. The number of ether oxygens (including phenoxy) is 1. The molecular weight excluding hydrogens is 336 g/mol. The van der Waals surface area contributed by atoms with E-state index in [2.05, 4.69) is 21.3 Å². The predicted molar refractivity (Wildman–Crippen MR) is 98.2 cm³/mol. The van der Waals surface area contributed by atoms with Gasteiger partial charge >= 0.3 is 12.1 Å². The maximum absolute atomic E-state index is 12.2. The monoisotopic (exact) mass is 362 g/mol. The first-order valence-electron chi connectivity index (χ1n) is 8.65. The number of hydrogen-bond acceptors (Lipinski definition) is 4. The van der Waals surface area contributed by atoms with Crippen LogP contribution >= 0.6 is 0 Å². The van der Waals surface area contributed by atoms with Gasteiger partial charge in [-0.3, -0.25) is 4.79 Å². The van der Waals surface area contributed by atoms with Crippen molar-refractivity contribution in [3.8, 4) is 0 Å². The van der Waals surface area contributed by atoms with Gasteiger partial charge in [0, 0.05) is 30.4 Å². The van der Waals surface area contributed by atoms with Crippen molar-refractivity contribution >= 4 is 23.7 Å². The number of alkyl carbamates (subject to hydrolysis) is 1. The summed E-state index contributed by atoms with van der Waals surface area (Å²) in [6, 6.07) is 6.66. The van der Waals surface area contributed by atoms with Gasteiger partial charge in [-0.2, -0.15) is 0 Å². The van der Waals surface area contributed by atoms with Crippen LogP contribution in [0.2, 0.25) is 0 Å². The molecule has 0 bridgehead atoms. The molecule has 1 aromatic carbocycles. The zero-order valence-corrected chi connectivity index (χ0v) is 15.3. The normalized spacial score (nSPS) is 13.5. The summed E-state index contributed by atoms with van der Waals surface area (Å²) in [7, 11) is 0. The first kappa shape index (κ1) is 19.6. The molecule has 0 heterocycles. The highest BCUT2D eigenvalue weighted by Crippen LogP contribution is 2.19. The van der Waals surface area contributed by atoms with Gasteiger partial charge < -0.3 is 26.0 Å². The lowest BCUT2D eigenvalue weighted by Gasteiger charge is -2.19. The molecule has 0 spiro atoms. The summed E-state index contributed by atoms with van der Waals surface area (Å²) in [5.41, 5.74) is 0.404. The number of urea groups is 1. The van der Waals surface area contributed by atoms with E-state index in [1.807, 2.05) is 0 Å². The Morgan fingerprint density at radius 3 is 2.46 bits per heavy atom. The summed E-state index contributed by atoms with van der Waals surface area (Å²) in [6.07, 6.45) is 1.49. The largest absolute Gasteiger partial charge is 0.444 e. The standard InChI is InChI=1S/C18H26N4O4/c1-18(2,3)26-17(25)20-10-9-19-15(23)12-5-4-6-14(11-12)22-16(24)21-13-7-8-13/h4-6,11,13H,7-10H2,1-3H3,(H,19,23)(H,20,25)(H2,21,22,24). The zero-order chi connectivity index (χ0) is 19.2. The Balaban J connectivity index is 1.73. The summed E-state index contributed by atoms with van der Waals surface area (Å²) < 4.78 is 5.11. The number of benzene rings is 1. The topological polar surface area (TPSA) is 109 Å². The molecule has 4 N–H and O–H groups in total. The molecule has 26 heavy (non-hydrogen) atoms. The molecule has 142 valence electrons. The van der Waals surface area contributed by atoms with Crippen molar-refractivity contribution in [3.63, 3.8) is 0 Å². The SMILES string of the molecule is CC(C)(C)OC(=O)NCCNC(=O)c1cccc(NC(=O)NC2CC2)c1. The third-order valence-corrected chi connectivity index (χ3v) is 3.37. The van der Waals surface area contributed by atoms with E-state index in [1.165, 1.54) is 0 Å². The Labute approximate surface area is 153 Å². The predicted octanol–water partition coefficient (Wildman–Crippen LogP) is 2.22. The smallest absolute Gasteiger partial charge is 0.407 e. The van der Waals surface area contributed by atoms with Crippen LogP contribution in [0.5, 0.6) is 0 Å². The van der Waals surface area contributed by atoms with E-state index in [4.69, 9.17) is 4.74 Å². The van der Waals surface area contributed by atoms with E-state index in [0.29, 0.717) is 11.3 Å². The molecule has 0 saturated heterocycles. The lowest BCUT2D eigenvalue weighted by atomic mass is 10.2. The first-order valence-corrected chi connectivity index (χ1v) is 8.65. The molecule has 1 fully saturated rings. The van der Waals surface area contributed by atoms with Gasteiger partial charge in [0.15, 0.2) is 0 Å². The second kappa shape index (κ2) is 8.55. The number of carbonyl (C=O) groups is 3. The Morgan fingerprint density at radius 1 is 1.12 bits per heavy atom. The van der Waals surface area contributed by atoms with Gasteiger partial charge in [0.05, 0.1) is 0 Å². The number of nitrogens with one attached hydrogen (secondary N) is 4. The zero-order valence-electron chi connectivity index (χ0n) is 15.3. The van der Waals surface area contributed by atoms with Gasteiger partial charge in [-0.25, -0.2) is 9.59 Å². The molecule has 0 aliphatic heterocycles. The maximum Gasteiger partial charge on any atom is 0.407 e. The third-order valence-electron chi connectivity index (χ3n) is 3.37. The fraction of sp³-hybridized carbons (Fsp3) is 0.500. The minimum atomic E-state index is -0.563. The second-order valence-corrected chi connectivity index (χ2v) is 7.14. The van der Waals surface area contributed by atoms with E-state index in [0.717, 1.165) is 12.8 Å². The van der Waals surface area contributed by atoms with Crippen molar-refractivity contribution in [2.45, 2.75) is 45.3 Å². The molecule has 1 saturated carbocycles. The van der Waals surface area contributed by atoms with Gasteiger partial charge in [0.1, 0.15) is 5.60 Å². The molecular formula is C18H26N4O4. The van der Waals surface area contributed by atoms with Crippen LogP contribution in [0.25, 0.3) is 0 Å². The number of hydrogen-bond donors (Lipinski definition) is 4. The van der Waals surface area contributed by atoms with Gasteiger partial charge in [-0.05, 0) is 51.8 Å². The Hall–Kier alpha value is -2.77. The Morgan fingerprint density at radius 2 is 1.81 bits per heavy atom. The number of amides is 4. The van der Waals surface area contributed by atoms with E-state index in [1.54, 1.807) is 45.0 Å². The van der Waals surface area contributed by atoms with E-state index in [9.17, 15) is 14.4 Å². The highest BCUT2D eigenvalue weighted by molar-refractivity contribution is 5.97. The second-order valence-electron chi connectivity index (χ2n) is 7.14. The Kier molecular flexibility index (Phi) is 6.43. The molecule has 8 nitrogen and oxygen atoms in total. The molecule has 2 rings (SSSR count). The highest BCUT2D eigenvalue weighted by atomic mass is 16.6. The molecule has 1 aliphatic rings. The third kappa shape index (κ3) is 7.42. The van der Waals surface area contributed by atoms with Crippen LogP contribution in [-0.4, -0.2) is 42.8 Å². The fourth-order valence-electron chi connectivity index (χ4n) is 2.08. The van der Waals surface area contributed by atoms with E-state index in [-0.39, 0.29) is 31.1 Å². The maximum atomic E-state index is 12.2.